The van der Waals surface area contributed by atoms with Crippen LogP contribution in [0.5, 0.6) is 0 Å². The zero-order valence-corrected chi connectivity index (χ0v) is 9.69. The fourth-order valence-corrected chi connectivity index (χ4v) is 1.49. The van der Waals surface area contributed by atoms with E-state index in [1.165, 1.54) is 11.9 Å². The zero-order chi connectivity index (χ0) is 11.9. The monoisotopic (exact) mass is 226 g/mol. The fraction of sp³-hybridized carbons (Fsp3) is 1.00. The first-order valence-corrected chi connectivity index (χ1v) is 5.31. The summed E-state index contributed by atoms with van der Waals surface area (Å²) >= 11 is 0. The molecular weight excluding hydrogens is 205 g/mol. The summed E-state index contributed by atoms with van der Waals surface area (Å²) in [5, 5.41) is 3.20. The molecule has 0 saturated carbocycles. The van der Waals surface area contributed by atoms with Gasteiger partial charge in [-0.1, -0.05) is 13.8 Å². The molecule has 0 aromatic rings. The lowest BCUT2D eigenvalue weighted by molar-refractivity contribution is -0.143. The molecule has 0 bridgehead atoms. The summed E-state index contributed by atoms with van der Waals surface area (Å²) in [5.74, 6) is 0.240. The van der Waals surface area contributed by atoms with E-state index in [0.717, 1.165) is 19.5 Å². The molecule has 0 heterocycles. The Labute approximate surface area is 89.8 Å². The molecule has 0 aliphatic rings. The molecule has 0 aromatic heterocycles. The maximum atomic E-state index is 12.0. The van der Waals surface area contributed by atoms with Gasteiger partial charge < -0.3 is 5.32 Å². The molecule has 15 heavy (non-hydrogen) atoms. The van der Waals surface area contributed by atoms with Gasteiger partial charge >= 0.3 is 6.18 Å². The van der Waals surface area contributed by atoms with Crippen molar-refractivity contribution in [3.8, 4) is 0 Å². The van der Waals surface area contributed by atoms with Crippen LogP contribution < -0.4 is 5.32 Å². The Morgan fingerprint density at radius 2 is 1.93 bits per heavy atom. The van der Waals surface area contributed by atoms with E-state index in [4.69, 9.17) is 0 Å². The quantitative estimate of drug-likeness (QED) is 0.669. The molecule has 0 rings (SSSR count). The predicted molar refractivity (Wildman–Crippen MR) is 55.9 cm³/mol. The maximum absolute atomic E-state index is 12.0. The fourth-order valence-electron chi connectivity index (χ4n) is 1.49. The molecule has 1 atom stereocenters. The summed E-state index contributed by atoms with van der Waals surface area (Å²) in [6, 6.07) is 0. The van der Waals surface area contributed by atoms with E-state index in [2.05, 4.69) is 12.2 Å². The number of hydrogen-bond acceptors (Lipinski definition) is 2. The second-order valence-electron chi connectivity index (χ2n) is 4.12. The van der Waals surface area contributed by atoms with Crippen molar-refractivity contribution in [1.29, 1.82) is 0 Å². The summed E-state index contributed by atoms with van der Waals surface area (Å²) in [6.07, 6.45) is -3.05. The predicted octanol–water partition coefficient (Wildman–Crippen LogP) is 2.12. The van der Waals surface area contributed by atoms with E-state index >= 15 is 0 Å². The highest BCUT2D eigenvalue weighted by molar-refractivity contribution is 4.64. The van der Waals surface area contributed by atoms with Gasteiger partial charge in [-0.2, -0.15) is 13.2 Å². The Hall–Kier alpha value is -0.290. The molecule has 0 spiro atoms. The lowest BCUT2D eigenvalue weighted by atomic mass is 10.1. The second kappa shape index (κ2) is 7.06. The first-order chi connectivity index (χ1) is 6.85. The molecule has 0 aliphatic heterocycles. The largest absolute Gasteiger partial charge is 0.401 e. The lowest BCUT2D eigenvalue weighted by Gasteiger charge is -2.22. The molecule has 0 fully saturated rings. The number of nitrogens with zero attached hydrogens (tertiary/aromatic N) is 1. The van der Waals surface area contributed by atoms with Gasteiger partial charge in [-0.05, 0) is 32.5 Å². The van der Waals surface area contributed by atoms with E-state index < -0.39 is 12.7 Å². The van der Waals surface area contributed by atoms with E-state index in [0.29, 0.717) is 6.54 Å². The van der Waals surface area contributed by atoms with Crippen LogP contribution in [0, 0.1) is 5.92 Å². The topological polar surface area (TPSA) is 15.3 Å². The number of nitrogens with one attached hydrogen (secondary N) is 1. The molecule has 1 N–H and O–H groups in total. The number of rotatable bonds is 7. The Morgan fingerprint density at radius 1 is 1.33 bits per heavy atom. The first kappa shape index (κ1) is 14.7. The summed E-state index contributed by atoms with van der Waals surface area (Å²) in [5.41, 5.74) is 0. The van der Waals surface area contributed by atoms with Crippen LogP contribution in [0.3, 0.4) is 0 Å². The van der Waals surface area contributed by atoms with Crippen LogP contribution in [0.1, 0.15) is 20.3 Å². The molecule has 0 aliphatic carbocycles. The summed E-state index contributed by atoms with van der Waals surface area (Å²) in [7, 11) is 1.50. The highest BCUT2D eigenvalue weighted by atomic mass is 19.4. The van der Waals surface area contributed by atoms with Gasteiger partial charge in [-0.25, -0.2) is 0 Å². The normalized spacial score (nSPS) is 14.6. The number of alkyl halides is 3. The SMILES string of the molecule is CCCNCC(C)CN(C)CC(F)(F)F. The van der Waals surface area contributed by atoms with Crippen molar-refractivity contribution in [2.75, 3.05) is 33.2 Å². The van der Waals surface area contributed by atoms with Gasteiger partial charge in [0.25, 0.3) is 0 Å². The minimum absolute atomic E-state index is 0.240. The van der Waals surface area contributed by atoms with Crippen molar-refractivity contribution in [3.05, 3.63) is 0 Å². The van der Waals surface area contributed by atoms with Gasteiger partial charge in [0.1, 0.15) is 0 Å². The molecule has 5 heteroatoms. The van der Waals surface area contributed by atoms with Crippen molar-refractivity contribution >= 4 is 0 Å². The number of halogens is 3. The third-order valence-corrected chi connectivity index (χ3v) is 1.99. The van der Waals surface area contributed by atoms with Gasteiger partial charge in [-0.3, -0.25) is 4.90 Å². The van der Waals surface area contributed by atoms with Crippen LogP contribution in [-0.2, 0) is 0 Å². The molecule has 1 unspecified atom stereocenters. The van der Waals surface area contributed by atoms with E-state index in [1.807, 2.05) is 6.92 Å². The van der Waals surface area contributed by atoms with Crippen molar-refractivity contribution in [1.82, 2.24) is 10.2 Å². The molecule has 0 saturated heterocycles. The molecule has 92 valence electrons. The third kappa shape index (κ3) is 10.0. The highest BCUT2D eigenvalue weighted by Crippen LogP contribution is 2.15. The molecule has 2 nitrogen and oxygen atoms in total. The third-order valence-electron chi connectivity index (χ3n) is 1.99. The van der Waals surface area contributed by atoms with E-state index in [9.17, 15) is 13.2 Å². The van der Waals surface area contributed by atoms with Gasteiger partial charge in [0.2, 0.25) is 0 Å². The maximum Gasteiger partial charge on any atom is 0.401 e. The Kier molecular flexibility index (Phi) is 6.92. The summed E-state index contributed by atoms with van der Waals surface area (Å²) < 4.78 is 36.0. The molecular formula is C10H21F3N2. The zero-order valence-electron chi connectivity index (χ0n) is 9.69. The van der Waals surface area contributed by atoms with Crippen molar-refractivity contribution in [3.63, 3.8) is 0 Å². The van der Waals surface area contributed by atoms with Crippen LogP contribution in [0.4, 0.5) is 13.2 Å². The lowest BCUT2D eigenvalue weighted by Crippen LogP contribution is -2.36. The van der Waals surface area contributed by atoms with Crippen LogP contribution in [-0.4, -0.2) is 44.3 Å². The van der Waals surface area contributed by atoms with Gasteiger partial charge in [0.05, 0.1) is 6.54 Å². The van der Waals surface area contributed by atoms with Crippen molar-refractivity contribution < 1.29 is 13.2 Å². The van der Waals surface area contributed by atoms with Crippen LogP contribution in [0.25, 0.3) is 0 Å². The second-order valence-corrected chi connectivity index (χ2v) is 4.12. The van der Waals surface area contributed by atoms with E-state index in [-0.39, 0.29) is 5.92 Å². The van der Waals surface area contributed by atoms with Crippen LogP contribution >= 0.6 is 0 Å². The minimum atomic E-state index is -4.09. The Balaban J connectivity index is 3.62. The molecule has 0 aromatic carbocycles. The molecule has 0 radical (unpaired) electrons. The summed E-state index contributed by atoms with van der Waals surface area (Å²) in [4.78, 5) is 1.32. The molecule has 0 amide bonds. The smallest absolute Gasteiger partial charge is 0.316 e. The number of hydrogen-bond donors (Lipinski definition) is 1. The van der Waals surface area contributed by atoms with Gasteiger partial charge in [-0.15, -0.1) is 0 Å². The Bertz CT molecular complexity index is 159. The van der Waals surface area contributed by atoms with Crippen LogP contribution in [0.15, 0.2) is 0 Å². The standard InChI is InChI=1S/C10H21F3N2/c1-4-5-14-6-9(2)7-15(3)8-10(11,12)13/h9,14H,4-8H2,1-3H3. The highest BCUT2D eigenvalue weighted by Gasteiger charge is 2.29. The Morgan fingerprint density at radius 3 is 2.40 bits per heavy atom. The van der Waals surface area contributed by atoms with E-state index in [1.54, 1.807) is 0 Å². The average molecular weight is 226 g/mol. The minimum Gasteiger partial charge on any atom is -0.316 e. The summed E-state index contributed by atoms with van der Waals surface area (Å²) in [6.45, 7) is 5.35. The average Bonchev–Trinajstić information content (AvgIpc) is 2.00. The van der Waals surface area contributed by atoms with Gasteiger partial charge in [0, 0.05) is 6.54 Å². The van der Waals surface area contributed by atoms with Crippen molar-refractivity contribution in [2.24, 2.45) is 5.92 Å². The van der Waals surface area contributed by atoms with Crippen LogP contribution in [0.2, 0.25) is 0 Å². The van der Waals surface area contributed by atoms with Crippen molar-refractivity contribution in [2.45, 2.75) is 26.4 Å². The first-order valence-electron chi connectivity index (χ1n) is 5.31. The van der Waals surface area contributed by atoms with Gasteiger partial charge in [0.15, 0.2) is 0 Å².